The summed E-state index contributed by atoms with van der Waals surface area (Å²) in [7, 11) is 0. The van der Waals surface area contributed by atoms with Crippen molar-refractivity contribution in [2.24, 2.45) is 0 Å². The number of aryl methyl sites for hydroxylation is 2. The van der Waals surface area contributed by atoms with Gasteiger partial charge in [-0.15, -0.1) is 0 Å². The lowest BCUT2D eigenvalue weighted by atomic mass is 10.1. The van der Waals surface area contributed by atoms with Gasteiger partial charge in [0.15, 0.2) is 0 Å². The molecule has 0 amide bonds. The molecule has 4 aromatic rings. The van der Waals surface area contributed by atoms with E-state index in [1.807, 2.05) is 42.6 Å². The molecule has 1 saturated heterocycles. The van der Waals surface area contributed by atoms with E-state index in [0.717, 1.165) is 64.9 Å². The van der Waals surface area contributed by atoms with Gasteiger partial charge in [0.05, 0.1) is 16.7 Å². The fourth-order valence-corrected chi connectivity index (χ4v) is 4.42. The Morgan fingerprint density at radius 3 is 2.52 bits per heavy atom. The number of hydrogen-bond acceptors (Lipinski definition) is 6. The molecule has 0 saturated carbocycles. The molecule has 0 radical (unpaired) electrons. The molecule has 0 aromatic carbocycles. The molecule has 1 N–H and O–H groups in total. The first-order valence-corrected chi connectivity index (χ1v) is 10.9. The largest absolute Gasteiger partial charge is 0.355 e. The average molecular weight is 416 g/mol. The van der Waals surface area contributed by atoms with E-state index in [9.17, 15) is 0 Å². The van der Waals surface area contributed by atoms with E-state index in [0.29, 0.717) is 6.04 Å². The van der Waals surface area contributed by atoms with Gasteiger partial charge in [0, 0.05) is 42.6 Å². The highest BCUT2D eigenvalue weighted by Gasteiger charge is 2.26. The number of imidazole rings is 1. The molecule has 1 fully saturated rings. The van der Waals surface area contributed by atoms with Crippen molar-refractivity contribution < 1.29 is 0 Å². The summed E-state index contributed by atoms with van der Waals surface area (Å²) in [5.74, 6) is 1.94. The minimum atomic E-state index is 0.128. The molecule has 4 aromatic heterocycles. The normalized spacial score (nSPS) is 17.2. The minimum Gasteiger partial charge on any atom is -0.355 e. The fourth-order valence-electron chi connectivity index (χ4n) is 4.42. The predicted octanol–water partition coefficient (Wildman–Crippen LogP) is 3.92. The summed E-state index contributed by atoms with van der Waals surface area (Å²) in [5.41, 5.74) is 5.47. The predicted molar refractivity (Wildman–Crippen MR) is 124 cm³/mol. The number of hydrogen-bond donors (Lipinski definition) is 1. The zero-order chi connectivity index (χ0) is 21.8. The number of fused-ring (bicyclic) bond motifs is 2. The van der Waals surface area contributed by atoms with Gasteiger partial charge in [-0.2, -0.15) is 0 Å². The van der Waals surface area contributed by atoms with Crippen LogP contribution in [0.2, 0.25) is 0 Å². The van der Waals surface area contributed by atoms with Gasteiger partial charge in [0.2, 0.25) is 0 Å². The number of anilines is 1. The van der Waals surface area contributed by atoms with Crippen molar-refractivity contribution in [3.8, 4) is 11.4 Å². The molecule has 1 aliphatic rings. The second kappa shape index (κ2) is 7.27. The van der Waals surface area contributed by atoms with Gasteiger partial charge in [0.25, 0.3) is 0 Å². The maximum atomic E-state index is 4.89. The van der Waals surface area contributed by atoms with Gasteiger partial charge >= 0.3 is 0 Å². The lowest BCUT2D eigenvalue weighted by molar-refractivity contribution is 0.373. The van der Waals surface area contributed by atoms with E-state index in [-0.39, 0.29) is 5.54 Å². The zero-order valence-electron chi connectivity index (χ0n) is 18.8. The van der Waals surface area contributed by atoms with Crippen molar-refractivity contribution in [3.63, 3.8) is 0 Å². The monoisotopic (exact) mass is 415 g/mol. The summed E-state index contributed by atoms with van der Waals surface area (Å²) in [4.78, 5) is 21.4. The van der Waals surface area contributed by atoms with Crippen LogP contribution in [0.4, 0.5) is 5.82 Å². The summed E-state index contributed by atoms with van der Waals surface area (Å²) < 4.78 is 2.00. The molecule has 7 nitrogen and oxygen atoms in total. The molecule has 5 heterocycles. The number of pyridine rings is 2. The maximum Gasteiger partial charge on any atom is 0.140 e. The smallest absolute Gasteiger partial charge is 0.140 e. The first-order valence-electron chi connectivity index (χ1n) is 10.9. The molecular formula is C24H29N7. The van der Waals surface area contributed by atoms with Crippen LogP contribution >= 0.6 is 0 Å². The van der Waals surface area contributed by atoms with Crippen LogP contribution in [-0.4, -0.2) is 49.0 Å². The van der Waals surface area contributed by atoms with Crippen LogP contribution in [0.25, 0.3) is 28.1 Å². The molecule has 1 atom stereocenters. The van der Waals surface area contributed by atoms with E-state index in [2.05, 4.69) is 48.1 Å². The van der Waals surface area contributed by atoms with E-state index in [1.54, 1.807) is 0 Å². The Kier molecular flexibility index (Phi) is 4.66. The van der Waals surface area contributed by atoms with E-state index in [1.165, 1.54) is 0 Å². The topological polar surface area (TPSA) is 71.2 Å². The SMILES string of the molecule is Cc1cc2nc(-c3ccc4nc(N5CCC(NC(C)(C)C)C5)ccc4n3)cn2c(C)n1. The fraction of sp³-hybridized carbons (Fsp3) is 0.417. The Morgan fingerprint density at radius 1 is 0.935 bits per heavy atom. The van der Waals surface area contributed by atoms with Crippen LogP contribution in [0.3, 0.4) is 0 Å². The van der Waals surface area contributed by atoms with E-state index in [4.69, 9.17) is 15.0 Å². The quantitative estimate of drug-likeness (QED) is 0.547. The van der Waals surface area contributed by atoms with Crippen LogP contribution in [-0.2, 0) is 0 Å². The standard InChI is InChI=1S/C24H29N7/c1-15-12-23-28-21(14-31(23)16(2)25-15)20-7-6-19-18(26-20)8-9-22(27-19)30-11-10-17(13-30)29-24(3,4)5/h6-9,12,14,17,29H,10-11,13H2,1-5H3. The molecule has 0 aliphatic carbocycles. The Morgan fingerprint density at radius 2 is 1.71 bits per heavy atom. The molecule has 1 aliphatic heterocycles. The van der Waals surface area contributed by atoms with E-state index < -0.39 is 0 Å². The summed E-state index contributed by atoms with van der Waals surface area (Å²) in [6, 6.07) is 10.7. The van der Waals surface area contributed by atoms with Crippen molar-refractivity contribution in [2.75, 3.05) is 18.0 Å². The molecule has 5 rings (SSSR count). The number of nitrogens with zero attached hydrogens (tertiary/aromatic N) is 6. The molecule has 0 bridgehead atoms. The Balaban J connectivity index is 1.41. The van der Waals surface area contributed by atoms with Crippen LogP contribution < -0.4 is 10.2 Å². The number of rotatable bonds is 3. The summed E-state index contributed by atoms with van der Waals surface area (Å²) in [5, 5.41) is 3.70. The molecule has 160 valence electrons. The second-order valence-electron chi connectivity index (χ2n) is 9.53. The number of aromatic nitrogens is 5. The third-order valence-corrected chi connectivity index (χ3v) is 5.70. The molecule has 7 heteroatoms. The second-order valence-corrected chi connectivity index (χ2v) is 9.53. The zero-order valence-corrected chi connectivity index (χ0v) is 18.8. The van der Waals surface area contributed by atoms with Crippen LogP contribution in [0.5, 0.6) is 0 Å². The molecular weight excluding hydrogens is 386 g/mol. The van der Waals surface area contributed by atoms with Crippen molar-refractivity contribution in [1.82, 2.24) is 29.7 Å². The third kappa shape index (κ3) is 3.97. The maximum absolute atomic E-state index is 4.89. The lowest BCUT2D eigenvalue weighted by Crippen LogP contribution is -2.44. The lowest BCUT2D eigenvalue weighted by Gasteiger charge is -2.26. The minimum absolute atomic E-state index is 0.128. The van der Waals surface area contributed by atoms with Gasteiger partial charge in [0.1, 0.15) is 23.0 Å². The molecule has 0 spiro atoms. The highest BCUT2D eigenvalue weighted by Crippen LogP contribution is 2.25. The highest BCUT2D eigenvalue weighted by molar-refractivity contribution is 5.79. The van der Waals surface area contributed by atoms with Crippen LogP contribution in [0.1, 0.15) is 38.7 Å². The Bertz CT molecular complexity index is 1270. The van der Waals surface area contributed by atoms with Crippen LogP contribution in [0.15, 0.2) is 36.5 Å². The van der Waals surface area contributed by atoms with E-state index >= 15 is 0 Å². The van der Waals surface area contributed by atoms with Gasteiger partial charge in [-0.3, -0.25) is 4.40 Å². The summed E-state index contributed by atoms with van der Waals surface area (Å²) >= 11 is 0. The molecule has 31 heavy (non-hydrogen) atoms. The Labute approximate surface area is 182 Å². The van der Waals surface area contributed by atoms with Crippen molar-refractivity contribution in [2.45, 2.75) is 52.6 Å². The van der Waals surface area contributed by atoms with Crippen molar-refractivity contribution >= 4 is 22.5 Å². The first kappa shape index (κ1) is 19.9. The van der Waals surface area contributed by atoms with Crippen LogP contribution in [0, 0.1) is 13.8 Å². The number of nitrogens with one attached hydrogen (secondary N) is 1. The van der Waals surface area contributed by atoms with Gasteiger partial charge in [-0.25, -0.2) is 19.9 Å². The highest BCUT2D eigenvalue weighted by atomic mass is 15.2. The summed E-state index contributed by atoms with van der Waals surface area (Å²) in [6.07, 6.45) is 3.13. The van der Waals surface area contributed by atoms with Crippen molar-refractivity contribution in [1.29, 1.82) is 0 Å². The van der Waals surface area contributed by atoms with Gasteiger partial charge < -0.3 is 10.2 Å². The van der Waals surface area contributed by atoms with Gasteiger partial charge in [-0.05, 0) is 65.3 Å². The first-order chi connectivity index (χ1) is 14.7. The molecule has 1 unspecified atom stereocenters. The Hall–Kier alpha value is -3.06. The third-order valence-electron chi connectivity index (χ3n) is 5.70. The average Bonchev–Trinajstić information content (AvgIpc) is 3.33. The van der Waals surface area contributed by atoms with Gasteiger partial charge in [-0.1, -0.05) is 0 Å². The van der Waals surface area contributed by atoms with Crippen molar-refractivity contribution in [3.05, 3.63) is 48.0 Å². The summed E-state index contributed by atoms with van der Waals surface area (Å²) in [6.45, 7) is 12.6.